The predicted molar refractivity (Wildman–Crippen MR) is 49.0 cm³/mol. The SMILES string of the molecule is Nn1[nH]c(=O)c2ccccc2c1=O.[Na+]. The number of H-pyrrole nitrogens is 1. The number of hydrogen-bond donors (Lipinski definition) is 2. The molecular formula is C8H7N3NaO2+. The second-order valence-corrected chi connectivity index (χ2v) is 2.66. The van der Waals surface area contributed by atoms with Gasteiger partial charge in [-0.2, -0.15) is 4.79 Å². The van der Waals surface area contributed by atoms with Crippen molar-refractivity contribution in [2.45, 2.75) is 0 Å². The van der Waals surface area contributed by atoms with E-state index in [2.05, 4.69) is 5.10 Å². The van der Waals surface area contributed by atoms with Crippen molar-refractivity contribution in [3.8, 4) is 0 Å². The summed E-state index contributed by atoms with van der Waals surface area (Å²) >= 11 is 0. The van der Waals surface area contributed by atoms with Crippen molar-refractivity contribution in [3.63, 3.8) is 0 Å². The number of nitrogens with two attached hydrogens (primary N) is 1. The van der Waals surface area contributed by atoms with Crippen molar-refractivity contribution in [2.75, 3.05) is 5.84 Å². The molecule has 0 aliphatic rings. The average Bonchev–Trinajstić information content (AvgIpc) is 2.15. The normalized spacial score (nSPS) is 9.71. The minimum atomic E-state index is -0.407. The fraction of sp³-hybridized carbons (Fsp3) is 0. The maximum atomic E-state index is 11.3. The van der Waals surface area contributed by atoms with E-state index >= 15 is 0 Å². The molecule has 66 valence electrons. The van der Waals surface area contributed by atoms with Gasteiger partial charge in [0.2, 0.25) is 0 Å². The van der Waals surface area contributed by atoms with Crippen LogP contribution in [0.25, 0.3) is 10.8 Å². The largest absolute Gasteiger partial charge is 1.00 e. The van der Waals surface area contributed by atoms with Crippen molar-refractivity contribution >= 4 is 10.8 Å². The minimum Gasteiger partial charge on any atom is -0.321 e. The van der Waals surface area contributed by atoms with Gasteiger partial charge >= 0.3 is 29.6 Å². The zero-order valence-corrected chi connectivity index (χ0v) is 9.65. The van der Waals surface area contributed by atoms with Crippen molar-refractivity contribution in [2.24, 2.45) is 0 Å². The Labute approximate surface area is 101 Å². The summed E-state index contributed by atoms with van der Waals surface area (Å²) < 4.78 is 0. The Kier molecular flexibility index (Phi) is 3.15. The molecule has 0 spiro atoms. The van der Waals surface area contributed by atoms with Gasteiger partial charge in [0, 0.05) is 0 Å². The molecule has 1 heterocycles. The van der Waals surface area contributed by atoms with Gasteiger partial charge in [0.15, 0.2) is 0 Å². The van der Waals surface area contributed by atoms with Crippen LogP contribution in [0.3, 0.4) is 0 Å². The first-order valence-electron chi connectivity index (χ1n) is 3.69. The van der Waals surface area contributed by atoms with Gasteiger partial charge in [0.25, 0.3) is 11.1 Å². The molecule has 0 unspecified atom stereocenters. The van der Waals surface area contributed by atoms with Crippen LogP contribution in [0.4, 0.5) is 0 Å². The van der Waals surface area contributed by atoms with Gasteiger partial charge in [-0.05, 0) is 12.1 Å². The van der Waals surface area contributed by atoms with Crippen LogP contribution in [0, 0.1) is 0 Å². The minimum absolute atomic E-state index is 0. The van der Waals surface area contributed by atoms with Gasteiger partial charge in [-0.3, -0.25) is 9.59 Å². The number of hydrogen-bond acceptors (Lipinski definition) is 3. The average molecular weight is 200 g/mol. The van der Waals surface area contributed by atoms with E-state index in [1.54, 1.807) is 24.3 Å². The quantitative estimate of drug-likeness (QED) is 0.340. The Morgan fingerprint density at radius 2 is 1.71 bits per heavy atom. The molecule has 0 saturated heterocycles. The van der Waals surface area contributed by atoms with Gasteiger partial charge in [-0.25, -0.2) is 5.10 Å². The summed E-state index contributed by atoms with van der Waals surface area (Å²) in [5.74, 6) is 5.24. The first kappa shape index (κ1) is 11.0. The molecule has 2 rings (SSSR count). The first-order chi connectivity index (χ1) is 6.20. The number of aromatic amines is 1. The number of nitrogens with zero attached hydrogens (tertiary/aromatic N) is 1. The van der Waals surface area contributed by atoms with Crippen LogP contribution in [-0.4, -0.2) is 9.89 Å². The van der Waals surface area contributed by atoms with Crippen LogP contribution in [0.2, 0.25) is 0 Å². The summed E-state index contributed by atoms with van der Waals surface area (Å²) in [5, 5.41) is 2.89. The van der Waals surface area contributed by atoms with Gasteiger partial charge < -0.3 is 5.84 Å². The maximum Gasteiger partial charge on any atom is 1.00 e. The second-order valence-electron chi connectivity index (χ2n) is 2.66. The number of fused-ring (bicyclic) bond motifs is 1. The third-order valence-electron chi connectivity index (χ3n) is 1.84. The topological polar surface area (TPSA) is 80.9 Å². The molecular weight excluding hydrogens is 193 g/mol. The number of rotatable bonds is 0. The van der Waals surface area contributed by atoms with E-state index in [0.717, 1.165) is 0 Å². The summed E-state index contributed by atoms with van der Waals surface area (Å²) in [6.45, 7) is 0. The van der Waals surface area contributed by atoms with Crippen LogP contribution in [-0.2, 0) is 0 Å². The van der Waals surface area contributed by atoms with Crippen molar-refractivity contribution in [1.29, 1.82) is 0 Å². The molecule has 0 atom stereocenters. The fourth-order valence-electron chi connectivity index (χ4n) is 1.22. The third kappa shape index (κ3) is 1.61. The third-order valence-corrected chi connectivity index (χ3v) is 1.84. The Balaban J connectivity index is 0.000000980. The number of nitrogen functional groups attached to an aromatic ring is 1. The van der Waals surface area contributed by atoms with Crippen LogP contribution >= 0.6 is 0 Å². The van der Waals surface area contributed by atoms with E-state index in [1.165, 1.54) is 0 Å². The number of nitrogens with one attached hydrogen (secondary N) is 1. The van der Waals surface area contributed by atoms with E-state index < -0.39 is 5.56 Å². The molecule has 0 saturated carbocycles. The summed E-state index contributed by atoms with van der Waals surface area (Å²) in [6.07, 6.45) is 0. The number of aromatic nitrogens is 2. The Bertz CT molecular complexity index is 573. The van der Waals surface area contributed by atoms with E-state index in [0.29, 0.717) is 15.6 Å². The Morgan fingerprint density at radius 3 is 2.36 bits per heavy atom. The van der Waals surface area contributed by atoms with Crippen molar-refractivity contribution in [1.82, 2.24) is 9.89 Å². The molecule has 0 bridgehead atoms. The van der Waals surface area contributed by atoms with Crippen LogP contribution < -0.4 is 46.5 Å². The van der Waals surface area contributed by atoms with Gasteiger partial charge in [0.1, 0.15) is 0 Å². The zero-order valence-electron chi connectivity index (χ0n) is 7.65. The standard InChI is InChI=1S/C8H7N3O2.Na/c9-11-8(13)6-4-2-1-3-5(6)7(12)10-11;/h1-4H,9H2,(H,10,12);/q;+1. The van der Waals surface area contributed by atoms with Gasteiger partial charge in [0.05, 0.1) is 10.8 Å². The monoisotopic (exact) mass is 200 g/mol. The zero-order chi connectivity index (χ0) is 9.42. The molecule has 6 heteroatoms. The molecule has 0 fully saturated rings. The Morgan fingerprint density at radius 1 is 1.14 bits per heavy atom. The van der Waals surface area contributed by atoms with E-state index in [-0.39, 0.29) is 35.1 Å². The van der Waals surface area contributed by atoms with Crippen LogP contribution in [0.15, 0.2) is 33.9 Å². The number of benzene rings is 1. The van der Waals surface area contributed by atoms with Crippen molar-refractivity contribution in [3.05, 3.63) is 45.0 Å². The predicted octanol–water partition coefficient (Wildman–Crippen LogP) is -3.59. The molecule has 5 nitrogen and oxygen atoms in total. The summed E-state index contributed by atoms with van der Waals surface area (Å²) in [5.41, 5.74) is -0.770. The molecule has 1 aromatic carbocycles. The van der Waals surface area contributed by atoms with E-state index in [1.807, 2.05) is 0 Å². The van der Waals surface area contributed by atoms with Crippen molar-refractivity contribution < 1.29 is 29.6 Å². The molecule has 0 aliphatic carbocycles. The van der Waals surface area contributed by atoms with Crippen LogP contribution in [0.5, 0.6) is 0 Å². The molecule has 0 radical (unpaired) electrons. The molecule has 0 amide bonds. The molecule has 14 heavy (non-hydrogen) atoms. The molecule has 2 aromatic rings. The molecule has 3 N–H and O–H groups in total. The summed E-state index contributed by atoms with van der Waals surface area (Å²) in [4.78, 5) is 23.3. The maximum absolute atomic E-state index is 11.3. The second kappa shape index (κ2) is 4.00. The molecule has 1 aromatic heterocycles. The van der Waals surface area contributed by atoms with Crippen LogP contribution in [0.1, 0.15) is 0 Å². The fourth-order valence-corrected chi connectivity index (χ4v) is 1.22. The van der Waals surface area contributed by atoms with Gasteiger partial charge in [-0.15, -0.1) is 0 Å². The smallest absolute Gasteiger partial charge is 0.321 e. The van der Waals surface area contributed by atoms with Gasteiger partial charge in [-0.1, -0.05) is 12.1 Å². The summed E-state index contributed by atoms with van der Waals surface area (Å²) in [7, 11) is 0. The van der Waals surface area contributed by atoms with E-state index in [9.17, 15) is 9.59 Å². The molecule has 0 aliphatic heterocycles. The Hall–Kier alpha value is -1.04. The summed E-state index contributed by atoms with van der Waals surface area (Å²) in [6, 6.07) is 6.52. The van der Waals surface area contributed by atoms with E-state index in [4.69, 9.17) is 5.84 Å². The first-order valence-corrected chi connectivity index (χ1v) is 3.69.